The van der Waals surface area contributed by atoms with Crippen LogP contribution < -0.4 is 9.80 Å². The van der Waals surface area contributed by atoms with Crippen molar-refractivity contribution < 1.29 is 22.7 Å². The van der Waals surface area contributed by atoms with Gasteiger partial charge in [-0.3, -0.25) is 4.79 Å². The number of hydrogen-bond donors (Lipinski definition) is 0. The van der Waals surface area contributed by atoms with Gasteiger partial charge in [-0.15, -0.1) is 0 Å². The molecule has 0 spiro atoms. The highest BCUT2D eigenvalue weighted by molar-refractivity contribution is 5.94. The summed E-state index contributed by atoms with van der Waals surface area (Å²) in [7, 11) is 1.96. The molecule has 1 fully saturated rings. The van der Waals surface area contributed by atoms with Crippen molar-refractivity contribution >= 4 is 17.7 Å². The van der Waals surface area contributed by atoms with E-state index in [1.54, 1.807) is 4.90 Å². The van der Waals surface area contributed by atoms with Crippen LogP contribution in [0.15, 0.2) is 54.6 Å². The Balaban J connectivity index is 1.42. The molecule has 37 heavy (non-hydrogen) atoms. The zero-order chi connectivity index (χ0) is 26.0. The third-order valence-electron chi connectivity index (χ3n) is 6.69. The quantitative estimate of drug-likeness (QED) is 0.513. The summed E-state index contributed by atoms with van der Waals surface area (Å²) in [5.41, 5.74) is 2.37. The lowest BCUT2D eigenvalue weighted by atomic mass is 10.0. The van der Waals surface area contributed by atoms with E-state index in [1.807, 2.05) is 30.1 Å². The second-order valence-corrected chi connectivity index (χ2v) is 9.27. The van der Waals surface area contributed by atoms with E-state index in [9.17, 15) is 18.0 Å². The molecule has 2 aliphatic rings. The number of morpholine rings is 1. The largest absolute Gasteiger partial charge is 0.416 e. The van der Waals surface area contributed by atoms with Crippen LogP contribution in [0.1, 0.15) is 32.7 Å². The number of carbonyl (C=O) groups is 1. The number of carbonyl (C=O) groups excluding carboxylic acids is 1. The molecule has 0 saturated carbocycles. The maximum atomic E-state index is 13.2. The summed E-state index contributed by atoms with van der Waals surface area (Å²) in [4.78, 5) is 28.8. The number of benzene rings is 2. The summed E-state index contributed by atoms with van der Waals surface area (Å²) < 4.78 is 44.4. The molecule has 0 unspecified atom stereocenters. The average Bonchev–Trinajstić information content (AvgIpc) is 2.92. The van der Waals surface area contributed by atoms with Crippen molar-refractivity contribution in [3.63, 3.8) is 0 Å². The third kappa shape index (κ3) is 5.53. The van der Waals surface area contributed by atoms with Crippen LogP contribution in [0.3, 0.4) is 0 Å². The first kappa shape index (κ1) is 25.0. The van der Waals surface area contributed by atoms with Gasteiger partial charge in [0.2, 0.25) is 5.95 Å². The van der Waals surface area contributed by atoms with E-state index in [2.05, 4.69) is 17.0 Å². The fraction of sp³-hybridized carbons (Fsp3) is 0.370. The molecule has 10 heteroatoms. The molecule has 0 N–H and O–H groups in total. The summed E-state index contributed by atoms with van der Waals surface area (Å²) in [6, 6.07) is 14.5. The van der Waals surface area contributed by atoms with Crippen LogP contribution in [0, 0.1) is 0 Å². The van der Waals surface area contributed by atoms with E-state index in [1.165, 1.54) is 12.1 Å². The lowest BCUT2D eigenvalue weighted by Gasteiger charge is -2.35. The highest BCUT2D eigenvalue weighted by Crippen LogP contribution is 2.32. The maximum absolute atomic E-state index is 13.2. The zero-order valence-corrected chi connectivity index (χ0v) is 20.5. The molecular formula is C27H28F3N5O2. The van der Waals surface area contributed by atoms with Crippen LogP contribution in [-0.4, -0.2) is 60.7 Å². The van der Waals surface area contributed by atoms with Crippen LogP contribution >= 0.6 is 0 Å². The highest BCUT2D eigenvalue weighted by Gasteiger charge is 2.32. The Hall–Kier alpha value is -3.66. The monoisotopic (exact) mass is 511 g/mol. The first-order valence-corrected chi connectivity index (χ1v) is 12.2. The number of amides is 1. The normalized spacial score (nSPS) is 15.9. The Morgan fingerprint density at radius 2 is 1.70 bits per heavy atom. The molecule has 0 atom stereocenters. The number of nitrogens with zero attached hydrogens (tertiary/aromatic N) is 5. The predicted molar refractivity (Wildman–Crippen MR) is 134 cm³/mol. The Morgan fingerprint density at radius 1 is 1.00 bits per heavy atom. The molecule has 0 bridgehead atoms. The summed E-state index contributed by atoms with van der Waals surface area (Å²) >= 11 is 0. The summed E-state index contributed by atoms with van der Waals surface area (Å²) in [5, 5.41) is 0. The van der Waals surface area contributed by atoms with Crippen molar-refractivity contribution in [3.05, 3.63) is 82.5 Å². The van der Waals surface area contributed by atoms with Crippen molar-refractivity contribution in [2.75, 3.05) is 49.7 Å². The lowest BCUT2D eigenvalue weighted by Crippen LogP contribution is -2.41. The molecule has 0 radical (unpaired) electrons. The van der Waals surface area contributed by atoms with Crippen molar-refractivity contribution in [2.45, 2.75) is 25.7 Å². The van der Waals surface area contributed by atoms with Crippen LogP contribution in [0.4, 0.5) is 24.9 Å². The van der Waals surface area contributed by atoms with E-state index in [0.29, 0.717) is 58.3 Å². The lowest BCUT2D eigenvalue weighted by molar-refractivity contribution is -0.137. The van der Waals surface area contributed by atoms with Crippen molar-refractivity contribution in [2.24, 2.45) is 0 Å². The smallest absolute Gasteiger partial charge is 0.378 e. The molecule has 0 aliphatic carbocycles. The standard InChI is InChI=1S/C27H28F3N5O2/c1-33(17-19-5-3-2-4-6-19)26-31-23-11-12-35(18-22(23)24(32-26)34-13-15-37-16-14-34)25(36)20-7-9-21(10-8-20)27(28,29)30/h2-10H,11-18H2,1H3. The Labute approximate surface area is 213 Å². The van der Waals surface area contributed by atoms with E-state index in [-0.39, 0.29) is 11.5 Å². The van der Waals surface area contributed by atoms with Gasteiger partial charge in [-0.05, 0) is 29.8 Å². The SMILES string of the molecule is CN(Cc1ccccc1)c1nc2c(c(N3CCOCC3)n1)CN(C(=O)c1ccc(C(F)(F)F)cc1)CC2. The van der Waals surface area contributed by atoms with Gasteiger partial charge in [0.1, 0.15) is 5.82 Å². The minimum atomic E-state index is -4.44. The Kier molecular flexibility index (Phi) is 7.01. The van der Waals surface area contributed by atoms with Gasteiger partial charge in [0, 0.05) is 50.8 Å². The molecule has 194 valence electrons. The molecule has 2 aliphatic heterocycles. The van der Waals surface area contributed by atoms with Crippen LogP contribution in [-0.2, 0) is 30.4 Å². The summed E-state index contributed by atoms with van der Waals surface area (Å²) in [6.07, 6.45) is -3.91. The highest BCUT2D eigenvalue weighted by atomic mass is 19.4. The molecule has 1 saturated heterocycles. The minimum Gasteiger partial charge on any atom is -0.378 e. The molecule has 3 aromatic rings. The van der Waals surface area contributed by atoms with Gasteiger partial charge in [0.05, 0.1) is 31.0 Å². The fourth-order valence-corrected chi connectivity index (χ4v) is 4.68. The molecule has 1 amide bonds. The van der Waals surface area contributed by atoms with Gasteiger partial charge in [-0.1, -0.05) is 30.3 Å². The van der Waals surface area contributed by atoms with Crippen molar-refractivity contribution in [1.29, 1.82) is 0 Å². The minimum absolute atomic E-state index is 0.226. The summed E-state index contributed by atoms with van der Waals surface area (Å²) in [5.74, 6) is 1.09. The third-order valence-corrected chi connectivity index (χ3v) is 6.69. The summed E-state index contributed by atoms with van der Waals surface area (Å²) in [6.45, 7) is 3.90. The molecular weight excluding hydrogens is 483 g/mol. The Morgan fingerprint density at radius 3 is 2.38 bits per heavy atom. The van der Waals surface area contributed by atoms with Crippen molar-refractivity contribution in [1.82, 2.24) is 14.9 Å². The average molecular weight is 512 g/mol. The first-order chi connectivity index (χ1) is 17.8. The predicted octanol–water partition coefficient (Wildman–Crippen LogP) is 4.17. The van der Waals surface area contributed by atoms with E-state index in [0.717, 1.165) is 34.8 Å². The van der Waals surface area contributed by atoms with Gasteiger partial charge >= 0.3 is 6.18 Å². The van der Waals surface area contributed by atoms with Crippen LogP contribution in [0.2, 0.25) is 0 Å². The van der Waals surface area contributed by atoms with Gasteiger partial charge in [-0.2, -0.15) is 18.2 Å². The fourth-order valence-electron chi connectivity index (χ4n) is 4.68. The van der Waals surface area contributed by atoms with Crippen LogP contribution in [0.25, 0.3) is 0 Å². The number of halogens is 3. The van der Waals surface area contributed by atoms with E-state index in [4.69, 9.17) is 14.7 Å². The van der Waals surface area contributed by atoms with Gasteiger partial charge in [0.25, 0.3) is 5.91 Å². The zero-order valence-electron chi connectivity index (χ0n) is 20.5. The second kappa shape index (κ2) is 10.4. The number of anilines is 2. The molecule has 5 rings (SSSR count). The second-order valence-electron chi connectivity index (χ2n) is 9.27. The topological polar surface area (TPSA) is 61.8 Å². The number of aromatic nitrogens is 2. The maximum Gasteiger partial charge on any atom is 0.416 e. The molecule has 3 heterocycles. The number of ether oxygens (including phenoxy) is 1. The van der Waals surface area contributed by atoms with Gasteiger partial charge in [0.15, 0.2) is 0 Å². The molecule has 7 nitrogen and oxygen atoms in total. The van der Waals surface area contributed by atoms with Crippen molar-refractivity contribution in [3.8, 4) is 0 Å². The van der Waals surface area contributed by atoms with E-state index < -0.39 is 11.7 Å². The molecule has 2 aromatic carbocycles. The number of hydrogen-bond acceptors (Lipinski definition) is 6. The number of fused-ring (bicyclic) bond motifs is 1. The molecule has 1 aromatic heterocycles. The number of rotatable bonds is 5. The van der Waals surface area contributed by atoms with Crippen LogP contribution in [0.5, 0.6) is 0 Å². The van der Waals surface area contributed by atoms with E-state index >= 15 is 0 Å². The Bertz CT molecular complexity index is 1250. The first-order valence-electron chi connectivity index (χ1n) is 12.2. The van der Waals surface area contributed by atoms with Gasteiger partial charge in [-0.25, -0.2) is 4.98 Å². The van der Waals surface area contributed by atoms with Gasteiger partial charge < -0.3 is 19.4 Å². The number of alkyl halides is 3.